The lowest BCUT2D eigenvalue weighted by Crippen LogP contribution is -2.49. The van der Waals surface area contributed by atoms with Crippen molar-refractivity contribution in [3.63, 3.8) is 0 Å². The Morgan fingerprint density at radius 3 is 2.67 bits per heavy atom. The minimum Gasteiger partial charge on any atom is -0.479 e. The van der Waals surface area contributed by atoms with Crippen LogP contribution >= 0.6 is 0 Å². The van der Waals surface area contributed by atoms with Gasteiger partial charge in [-0.25, -0.2) is 0 Å². The molecule has 1 aliphatic rings. The third-order valence-electron chi connectivity index (χ3n) is 4.50. The number of hydrogen-bond donors (Lipinski definition) is 1. The van der Waals surface area contributed by atoms with E-state index in [-0.39, 0.29) is 18.2 Å². The first-order chi connectivity index (χ1) is 11.5. The van der Waals surface area contributed by atoms with Crippen molar-refractivity contribution in [1.82, 2.24) is 5.32 Å². The quantitative estimate of drug-likeness (QED) is 0.816. The standard InChI is InChI=1S/C19H24N2O3/c1-5-19(6-2,7-3)20-17(22)12-13-21-15-10-8-9-11-16(15)24-14(4)18(21)23/h1,8-11,14H,6-7,12-13H2,2-4H3,(H,20,22). The fourth-order valence-electron chi connectivity index (χ4n) is 2.80. The van der Waals surface area contributed by atoms with E-state index >= 15 is 0 Å². The summed E-state index contributed by atoms with van der Waals surface area (Å²) in [5.41, 5.74) is 0.0831. The number of benzene rings is 1. The lowest BCUT2D eigenvalue weighted by molar-refractivity contribution is -0.125. The lowest BCUT2D eigenvalue weighted by Gasteiger charge is -2.33. The molecule has 0 saturated carbocycles. The Morgan fingerprint density at radius 2 is 2.04 bits per heavy atom. The molecule has 5 nitrogen and oxygen atoms in total. The van der Waals surface area contributed by atoms with Gasteiger partial charge in [-0.05, 0) is 31.9 Å². The number of anilines is 1. The van der Waals surface area contributed by atoms with Gasteiger partial charge in [0.2, 0.25) is 5.91 Å². The van der Waals surface area contributed by atoms with Gasteiger partial charge in [0.25, 0.3) is 5.91 Å². The highest BCUT2D eigenvalue weighted by molar-refractivity contribution is 6.00. The fourth-order valence-corrected chi connectivity index (χ4v) is 2.80. The first kappa shape index (κ1) is 17.9. The highest BCUT2D eigenvalue weighted by Crippen LogP contribution is 2.33. The molecule has 1 heterocycles. The summed E-state index contributed by atoms with van der Waals surface area (Å²) in [4.78, 5) is 26.3. The van der Waals surface area contributed by atoms with E-state index in [0.29, 0.717) is 30.8 Å². The summed E-state index contributed by atoms with van der Waals surface area (Å²) in [6.07, 6.45) is 6.55. The maximum absolute atomic E-state index is 12.4. The van der Waals surface area contributed by atoms with Crippen LogP contribution in [0.15, 0.2) is 24.3 Å². The number of nitrogens with zero attached hydrogens (tertiary/aromatic N) is 1. The van der Waals surface area contributed by atoms with Crippen molar-refractivity contribution in [2.75, 3.05) is 11.4 Å². The second-order valence-electron chi connectivity index (χ2n) is 5.95. The summed E-state index contributed by atoms with van der Waals surface area (Å²) in [5.74, 6) is 3.05. The number of carbonyl (C=O) groups is 2. The maximum atomic E-state index is 12.4. The molecule has 1 N–H and O–H groups in total. The van der Waals surface area contributed by atoms with Gasteiger partial charge in [-0.1, -0.05) is 31.9 Å². The molecule has 128 valence electrons. The summed E-state index contributed by atoms with van der Waals surface area (Å²) >= 11 is 0. The van der Waals surface area contributed by atoms with E-state index in [0.717, 1.165) is 0 Å². The Balaban J connectivity index is 2.07. The molecule has 0 aromatic heterocycles. The molecule has 0 bridgehead atoms. The van der Waals surface area contributed by atoms with Crippen molar-refractivity contribution in [1.29, 1.82) is 0 Å². The van der Waals surface area contributed by atoms with E-state index in [4.69, 9.17) is 11.2 Å². The molecule has 0 spiro atoms. The number of amides is 2. The van der Waals surface area contributed by atoms with Crippen molar-refractivity contribution in [3.05, 3.63) is 24.3 Å². The third kappa shape index (κ3) is 3.53. The average Bonchev–Trinajstić information content (AvgIpc) is 2.60. The number of rotatable bonds is 6. The van der Waals surface area contributed by atoms with Crippen LogP contribution in [-0.2, 0) is 9.59 Å². The number of carbonyl (C=O) groups excluding carboxylic acids is 2. The number of nitrogens with one attached hydrogen (secondary N) is 1. The van der Waals surface area contributed by atoms with Gasteiger partial charge in [-0.3, -0.25) is 9.59 Å². The van der Waals surface area contributed by atoms with Crippen molar-refractivity contribution >= 4 is 17.5 Å². The lowest BCUT2D eigenvalue weighted by atomic mass is 9.94. The monoisotopic (exact) mass is 328 g/mol. The van der Waals surface area contributed by atoms with Gasteiger partial charge < -0.3 is 15.0 Å². The van der Waals surface area contributed by atoms with Gasteiger partial charge in [-0.15, -0.1) is 6.42 Å². The van der Waals surface area contributed by atoms with Gasteiger partial charge >= 0.3 is 0 Å². The average molecular weight is 328 g/mol. The third-order valence-corrected chi connectivity index (χ3v) is 4.50. The molecule has 2 amide bonds. The Kier molecular flexibility index (Phi) is 5.50. The molecule has 2 rings (SSSR count). The van der Waals surface area contributed by atoms with E-state index in [9.17, 15) is 9.59 Å². The van der Waals surface area contributed by atoms with Gasteiger partial charge in [0.05, 0.1) is 5.69 Å². The van der Waals surface area contributed by atoms with Crippen LogP contribution in [0, 0.1) is 12.3 Å². The van der Waals surface area contributed by atoms with E-state index in [2.05, 4.69) is 11.2 Å². The number of terminal acetylenes is 1. The van der Waals surface area contributed by atoms with Gasteiger partial charge in [-0.2, -0.15) is 0 Å². The highest BCUT2D eigenvalue weighted by atomic mass is 16.5. The van der Waals surface area contributed by atoms with Crippen LogP contribution in [0.2, 0.25) is 0 Å². The molecule has 1 aromatic carbocycles. The molecular formula is C19H24N2O3. The largest absolute Gasteiger partial charge is 0.479 e. The predicted octanol–water partition coefficient (Wildman–Crippen LogP) is 2.50. The fraction of sp³-hybridized carbons (Fsp3) is 0.474. The molecule has 1 unspecified atom stereocenters. The molecule has 5 heteroatoms. The second-order valence-corrected chi connectivity index (χ2v) is 5.95. The van der Waals surface area contributed by atoms with Gasteiger partial charge in [0.15, 0.2) is 6.10 Å². The Bertz CT molecular complexity index is 659. The smallest absolute Gasteiger partial charge is 0.267 e. The normalized spacial score (nSPS) is 16.8. The molecule has 1 aliphatic heterocycles. The number of para-hydroxylation sites is 2. The minimum absolute atomic E-state index is 0.143. The topological polar surface area (TPSA) is 58.6 Å². The Morgan fingerprint density at radius 1 is 1.38 bits per heavy atom. The Hall–Kier alpha value is -2.48. The van der Waals surface area contributed by atoms with Crippen molar-refractivity contribution in [3.8, 4) is 18.1 Å². The van der Waals surface area contributed by atoms with Crippen molar-refractivity contribution in [2.45, 2.75) is 51.7 Å². The maximum Gasteiger partial charge on any atom is 0.267 e. The minimum atomic E-state index is -0.614. The molecule has 0 radical (unpaired) electrons. The number of fused-ring (bicyclic) bond motifs is 1. The molecule has 24 heavy (non-hydrogen) atoms. The van der Waals surface area contributed by atoms with Crippen LogP contribution in [0.4, 0.5) is 5.69 Å². The zero-order chi connectivity index (χ0) is 17.7. The summed E-state index contributed by atoms with van der Waals surface area (Å²) < 4.78 is 5.60. The first-order valence-electron chi connectivity index (χ1n) is 8.32. The summed E-state index contributed by atoms with van der Waals surface area (Å²) in [7, 11) is 0. The second kappa shape index (κ2) is 7.39. The molecule has 0 aliphatic carbocycles. The highest BCUT2D eigenvalue weighted by Gasteiger charge is 2.32. The summed E-state index contributed by atoms with van der Waals surface area (Å²) in [5, 5.41) is 2.92. The van der Waals surface area contributed by atoms with Crippen LogP contribution in [-0.4, -0.2) is 30.0 Å². The zero-order valence-corrected chi connectivity index (χ0v) is 14.5. The molecule has 1 atom stereocenters. The van der Waals surface area contributed by atoms with Crippen LogP contribution in [0.3, 0.4) is 0 Å². The van der Waals surface area contributed by atoms with Crippen molar-refractivity contribution in [2.24, 2.45) is 0 Å². The van der Waals surface area contributed by atoms with E-state index < -0.39 is 11.6 Å². The van der Waals surface area contributed by atoms with Crippen molar-refractivity contribution < 1.29 is 14.3 Å². The predicted molar refractivity (Wildman–Crippen MR) is 93.8 cm³/mol. The Labute approximate surface area is 143 Å². The number of hydrogen-bond acceptors (Lipinski definition) is 3. The SMILES string of the molecule is C#CC(CC)(CC)NC(=O)CCN1C(=O)C(C)Oc2ccccc21. The van der Waals surface area contributed by atoms with Gasteiger partial charge in [0.1, 0.15) is 11.3 Å². The van der Waals surface area contributed by atoms with Crippen LogP contribution in [0.5, 0.6) is 5.75 Å². The molecule has 0 fully saturated rings. The van der Waals surface area contributed by atoms with Gasteiger partial charge in [0, 0.05) is 13.0 Å². The van der Waals surface area contributed by atoms with E-state index in [1.807, 2.05) is 38.1 Å². The van der Waals surface area contributed by atoms with Crippen LogP contribution in [0.25, 0.3) is 0 Å². The van der Waals surface area contributed by atoms with Crippen LogP contribution in [0.1, 0.15) is 40.0 Å². The number of ether oxygens (including phenoxy) is 1. The molecule has 0 saturated heterocycles. The van der Waals surface area contributed by atoms with E-state index in [1.165, 1.54) is 0 Å². The zero-order valence-electron chi connectivity index (χ0n) is 14.5. The van der Waals surface area contributed by atoms with E-state index in [1.54, 1.807) is 11.8 Å². The summed E-state index contributed by atoms with van der Waals surface area (Å²) in [6, 6.07) is 7.34. The molecular weight excluding hydrogens is 304 g/mol. The first-order valence-corrected chi connectivity index (χ1v) is 8.32. The van der Waals surface area contributed by atoms with Crippen LogP contribution < -0.4 is 15.0 Å². The summed E-state index contributed by atoms with van der Waals surface area (Å²) in [6.45, 7) is 5.91. The molecule has 1 aromatic rings.